The van der Waals surface area contributed by atoms with Crippen molar-refractivity contribution >= 4 is 11.6 Å². The second kappa shape index (κ2) is 5.17. The molecule has 1 N–H and O–H groups in total. The number of aromatic nitrogens is 1. The summed E-state index contributed by atoms with van der Waals surface area (Å²) in [6.07, 6.45) is 7.12. The lowest BCUT2D eigenvalue weighted by atomic mass is 9.75. The molecule has 2 fully saturated rings. The quantitative estimate of drug-likeness (QED) is 0.867. The zero-order valence-corrected chi connectivity index (χ0v) is 11.2. The molecule has 3 heteroatoms. The second-order valence-corrected chi connectivity index (χ2v) is 5.67. The van der Waals surface area contributed by atoms with Crippen LogP contribution in [0.2, 0.25) is 0 Å². The SMILES string of the molecule is CNc1cccc(N2CCC3CCCCC3C2)n1. The molecule has 2 heterocycles. The van der Waals surface area contributed by atoms with Gasteiger partial charge in [-0.25, -0.2) is 4.98 Å². The van der Waals surface area contributed by atoms with Crippen LogP contribution < -0.4 is 10.2 Å². The van der Waals surface area contributed by atoms with Gasteiger partial charge in [0.25, 0.3) is 0 Å². The van der Waals surface area contributed by atoms with Crippen LogP contribution >= 0.6 is 0 Å². The van der Waals surface area contributed by atoms with Gasteiger partial charge >= 0.3 is 0 Å². The molecule has 0 aromatic carbocycles. The molecule has 1 aliphatic heterocycles. The Morgan fingerprint density at radius 2 is 2.00 bits per heavy atom. The molecule has 2 unspecified atom stereocenters. The van der Waals surface area contributed by atoms with E-state index in [4.69, 9.17) is 0 Å². The molecule has 1 aromatic heterocycles. The summed E-state index contributed by atoms with van der Waals surface area (Å²) < 4.78 is 0. The highest BCUT2D eigenvalue weighted by Gasteiger charge is 2.31. The molecule has 98 valence electrons. The van der Waals surface area contributed by atoms with Crippen LogP contribution in [0, 0.1) is 11.8 Å². The van der Waals surface area contributed by atoms with Gasteiger partial charge < -0.3 is 10.2 Å². The fourth-order valence-corrected chi connectivity index (χ4v) is 3.55. The number of pyridine rings is 1. The molecule has 0 amide bonds. The second-order valence-electron chi connectivity index (χ2n) is 5.67. The third-order valence-corrected chi connectivity index (χ3v) is 4.61. The van der Waals surface area contributed by atoms with E-state index in [1.807, 2.05) is 13.1 Å². The van der Waals surface area contributed by atoms with Crippen molar-refractivity contribution in [3.8, 4) is 0 Å². The Morgan fingerprint density at radius 3 is 2.83 bits per heavy atom. The van der Waals surface area contributed by atoms with Crippen molar-refractivity contribution in [2.24, 2.45) is 11.8 Å². The van der Waals surface area contributed by atoms with Gasteiger partial charge in [0.1, 0.15) is 11.6 Å². The maximum absolute atomic E-state index is 4.67. The minimum atomic E-state index is 0.910. The molecule has 2 aliphatic rings. The van der Waals surface area contributed by atoms with E-state index in [1.165, 1.54) is 45.2 Å². The summed E-state index contributed by atoms with van der Waals surface area (Å²) in [6.45, 7) is 2.40. The van der Waals surface area contributed by atoms with Gasteiger partial charge in [0, 0.05) is 20.1 Å². The van der Waals surface area contributed by atoms with Gasteiger partial charge in [0.05, 0.1) is 0 Å². The van der Waals surface area contributed by atoms with Crippen molar-refractivity contribution in [2.45, 2.75) is 32.1 Å². The van der Waals surface area contributed by atoms with E-state index < -0.39 is 0 Å². The van der Waals surface area contributed by atoms with Crippen LogP contribution in [0.3, 0.4) is 0 Å². The third kappa shape index (κ3) is 2.31. The molecule has 3 nitrogen and oxygen atoms in total. The van der Waals surface area contributed by atoms with E-state index in [-0.39, 0.29) is 0 Å². The van der Waals surface area contributed by atoms with Gasteiger partial charge in [-0.1, -0.05) is 25.3 Å². The lowest BCUT2D eigenvalue weighted by Crippen LogP contribution is -2.42. The monoisotopic (exact) mass is 245 g/mol. The first-order chi connectivity index (χ1) is 8.86. The summed E-state index contributed by atoms with van der Waals surface area (Å²) in [5.41, 5.74) is 0. The molecule has 1 aromatic rings. The van der Waals surface area contributed by atoms with Gasteiger partial charge in [0.2, 0.25) is 0 Å². The van der Waals surface area contributed by atoms with Gasteiger partial charge in [0.15, 0.2) is 0 Å². The molecule has 3 rings (SSSR count). The predicted octanol–water partition coefficient (Wildman–Crippen LogP) is 3.14. The average Bonchev–Trinajstić information content (AvgIpc) is 2.47. The Balaban J connectivity index is 1.72. The molecule has 0 spiro atoms. The van der Waals surface area contributed by atoms with E-state index in [0.29, 0.717) is 0 Å². The number of fused-ring (bicyclic) bond motifs is 1. The van der Waals surface area contributed by atoms with Crippen molar-refractivity contribution in [1.82, 2.24) is 4.98 Å². The number of nitrogens with zero attached hydrogens (tertiary/aromatic N) is 2. The highest BCUT2D eigenvalue weighted by Crippen LogP contribution is 2.37. The molecule has 1 saturated heterocycles. The first kappa shape index (κ1) is 11.8. The smallest absolute Gasteiger partial charge is 0.130 e. The molecular formula is C15H23N3. The maximum Gasteiger partial charge on any atom is 0.130 e. The summed E-state index contributed by atoms with van der Waals surface area (Å²) in [5.74, 6) is 4.01. The zero-order valence-electron chi connectivity index (χ0n) is 11.2. The standard InChI is InChI=1S/C15H23N3/c1-16-14-7-4-8-15(17-14)18-10-9-12-5-2-3-6-13(12)11-18/h4,7-8,12-13H,2-3,5-6,9-11H2,1H3,(H,16,17). The number of anilines is 2. The molecule has 1 aliphatic carbocycles. The fraction of sp³-hybridized carbons (Fsp3) is 0.667. The van der Waals surface area contributed by atoms with Crippen LogP contribution in [0.25, 0.3) is 0 Å². The number of hydrogen-bond acceptors (Lipinski definition) is 3. The van der Waals surface area contributed by atoms with Crippen LogP contribution in [0.5, 0.6) is 0 Å². The van der Waals surface area contributed by atoms with Crippen LogP contribution in [-0.4, -0.2) is 25.1 Å². The Morgan fingerprint density at radius 1 is 1.17 bits per heavy atom. The summed E-state index contributed by atoms with van der Waals surface area (Å²) in [4.78, 5) is 7.15. The van der Waals surface area contributed by atoms with E-state index >= 15 is 0 Å². The zero-order chi connectivity index (χ0) is 12.4. The molecule has 1 saturated carbocycles. The molecule has 0 bridgehead atoms. The largest absolute Gasteiger partial charge is 0.373 e. The lowest BCUT2D eigenvalue weighted by Gasteiger charge is -2.41. The Hall–Kier alpha value is -1.25. The summed E-state index contributed by atoms with van der Waals surface area (Å²) in [5, 5.41) is 3.12. The van der Waals surface area contributed by atoms with E-state index in [0.717, 1.165) is 23.5 Å². The molecule has 18 heavy (non-hydrogen) atoms. The van der Waals surface area contributed by atoms with Crippen molar-refractivity contribution in [1.29, 1.82) is 0 Å². The maximum atomic E-state index is 4.67. The first-order valence-electron chi connectivity index (χ1n) is 7.26. The van der Waals surface area contributed by atoms with Gasteiger partial charge in [-0.2, -0.15) is 0 Å². The topological polar surface area (TPSA) is 28.2 Å². The van der Waals surface area contributed by atoms with Gasteiger partial charge in [-0.05, 0) is 36.8 Å². The minimum Gasteiger partial charge on any atom is -0.373 e. The summed E-state index contributed by atoms with van der Waals surface area (Å²) in [7, 11) is 1.93. The van der Waals surface area contributed by atoms with Crippen molar-refractivity contribution in [3.63, 3.8) is 0 Å². The highest BCUT2D eigenvalue weighted by molar-refractivity contribution is 5.47. The van der Waals surface area contributed by atoms with Gasteiger partial charge in [-0.15, -0.1) is 0 Å². The number of piperidine rings is 1. The minimum absolute atomic E-state index is 0.910. The summed E-state index contributed by atoms with van der Waals surface area (Å²) >= 11 is 0. The van der Waals surface area contributed by atoms with Crippen LogP contribution in [0.15, 0.2) is 18.2 Å². The Kier molecular flexibility index (Phi) is 3.39. The Labute approximate surface area is 110 Å². The highest BCUT2D eigenvalue weighted by atomic mass is 15.2. The predicted molar refractivity (Wildman–Crippen MR) is 76.1 cm³/mol. The summed E-state index contributed by atoms with van der Waals surface area (Å²) in [6, 6.07) is 6.27. The van der Waals surface area contributed by atoms with Crippen molar-refractivity contribution in [3.05, 3.63) is 18.2 Å². The molecule has 0 radical (unpaired) electrons. The van der Waals surface area contributed by atoms with Crippen LogP contribution in [-0.2, 0) is 0 Å². The van der Waals surface area contributed by atoms with Crippen LogP contribution in [0.4, 0.5) is 11.6 Å². The third-order valence-electron chi connectivity index (χ3n) is 4.61. The Bertz CT molecular complexity index is 404. The van der Waals surface area contributed by atoms with Gasteiger partial charge in [-0.3, -0.25) is 0 Å². The number of rotatable bonds is 2. The normalized spacial score (nSPS) is 27.7. The average molecular weight is 245 g/mol. The van der Waals surface area contributed by atoms with Crippen molar-refractivity contribution in [2.75, 3.05) is 30.4 Å². The van der Waals surface area contributed by atoms with E-state index in [9.17, 15) is 0 Å². The number of nitrogens with one attached hydrogen (secondary N) is 1. The fourth-order valence-electron chi connectivity index (χ4n) is 3.55. The molecular weight excluding hydrogens is 222 g/mol. The molecule has 2 atom stereocenters. The van der Waals surface area contributed by atoms with E-state index in [2.05, 4.69) is 27.3 Å². The van der Waals surface area contributed by atoms with E-state index in [1.54, 1.807) is 0 Å². The number of hydrogen-bond donors (Lipinski definition) is 1. The lowest BCUT2D eigenvalue weighted by molar-refractivity contribution is 0.202. The first-order valence-corrected chi connectivity index (χ1v) is 7.26. The van der Waals surface area contributed by atoms with Crippen LogP contribution in [0.1, 0.15) is 32.1 Å². The van der Waals surface area contributed by atoms with Crippen molar-refractivity contribution < 1.29 is 0 Å².